The van der Waals surface area contributed by atoms with E-state index < -0.39 is 5.24 Å². The molecule has 0 saturated heterocycles. The topological polar surface area (TPSA) is 55.4 Å². The monoisotopic (exact) mass is 226 g/mol. The standard InChI is InChI=1S/C6H5Cl3N2O/c1-3(7)11-5(8)4(2-10)6(9)12/h2H,1,10H2/b4-2+,11-5+. The Morgan fingerprint density at radius 2 is 1.92 bits per heavy atom. The normalized spacial score (nSPS) is 12.9. The third kappa shape index (κ3) is 3.76. The van der Waals surface area contributed by atoms with Crippen molar-refractivity contribution >= 4 is 45.2 Å². The van der Waals surface area contributed by atoms with Crippen molar-refractivity contribution in [1.82, 2.24) is 0 Å². The molecule has 12 heavy (non-hydrogen) atoms. The van der Waals surface area contributed by atoms with Gasteiger partial charge in [-0.3, -0.25) is 4.79 Å². The van der Waals surface area contributed by atoms with Crippen molar-refractivity contribution in [1.29, 1.82) is 0 Å². The fourth-order valence-corrected chi connectivity index (χ4v) is 0.962. The van der Waals surface area contributed by atoms with Crippen LogP contribution in [0.15, 0.2) is 28.5 Å². The summed E-state index contributed by atoms with van der Waals surface area (Å²) in [6.07, 6.45) is 0.945. The van der Waals surface area contributed by atoms with E-state index in [1.165, 1.54) is 0 Å². The Kier molecular flexibility index (Phi) is 4.97. The van der Waals surface area contributed by atoms with Gasteiger partial charge in [-0.05, 0) is 11.6 Å². The molecule has 6 heteroatoms. The van der Waals surface area contributed by atoms with Crippen LogP contribution >= 0.6 is 34.8 Å². The lowest BCUT2D eigenvalue weighted by atomic mass is 10.3. The summed E-state index contributed by atoms with van der Waals surface area (Å²) in [5.41, 5.74) is 4.93. The minimum atomic E-state index is -0.802. The van der Waals surface area contributed by atoms with Gasteiger partial charge in [0.1, 0.15) is 10.3 Å². The van der Waals surface area contributed by atoms with Crippen LogP contribution in [0.5, 0.6) is 0 Å². The number of hydrogen-bond acceptors (Lipinski definition) is 3. The number of rotatable bonds is 3. The summed E-state index contributed by atoms with van der Waals surface area (Å²) in [5.74, 6) is 0. The lowest BCUT2D eigenvalue weighted by Gasteiger charge is -1.96. The highest BCUT2D eigenvalue weighted by Gasteiger charge is 2.10. The molecule has 0 aromatic carbocycles. The van der Waals surface area contributed by atoms with Gasteiger partial charge in [-0.25, -0.2) is 4.99 Å². The lowest BCUT2D eigenvalue weighted by Crippen LogP contribution is -2.05. The summed E-state index contributed by atoms with van der Waals surface area (Å²) in [5, 5.41) is -1.04. The van der Waals surface area contributed by atoms with Crippen molar-refractivity contribution in [3.05, 3.63) is 23.5 Å². The summed E-state index contributed by atoms with van der Waals surface area (Å²) in [6.45, 7) is 3.24. The first-order chi connectivity index (χ1) is 5.49. The number of carbonyl (C=O) groups is 1. The summed E-state index contributed by atoms with van der Waals surface area (Å²) in [7, 11) is 0. The zero-order chi connectivity index (χ0) is 9.72. The molecule has 0 aliphatic rings. The first-order valence-electron chi connectivity index (χ1n) is 2.69. The number of nitrogens with zero attached hydrogens (tertiary/aromatic N) is 1. The van der Waals surface area contributed by atoms with Gasteiger partial charge in [0, 0.05) is 6.20 Å². The van der Waals surface area contributed by atoms with Gasteiger partial charge in [-0.15, -0.1) is 0 Å². The first kappa shape index (κ1) is 11.5. The molecule has 0 rings (SSSR count). The summed E-state index contributed by atoms with van der Waals surface area (Å²) in [4.78, 5) is 14.0. The Bertz CT molecular complexity index is 270. The van der Waals surface area contributed by atoms with Crippen LogP contribution in [0.2, 0.25) is 0 Å². The first-order valence-corrected chi connectivity index (χ1v) is 3.83. The molecule has 66 valence electrons. The molecule has 0 bridgehead atoms. The van der Waals surface area contributed by atoms with E-state index >= 15 is 0 Å². The molecule has 0 aromatic rings. The van der Waals surface area contributed by atoms with Crippen molar-refractivity contribution in [2.75, 3.05) is 0 Å². The van der Waals surface area contributed by atoms with E-state index in [9.17, 15) is 4.79 Å². The maximum absolute atomic E-state index is 10.6. The molecule has 0 atom stereocenters. The minimum absolute atomic E-state index is 0.0581. The maximum Gasteiger partial charge on any atom is 0.256 e. The molecule has 0 radical (unpaired) electrons. The largest absolute Gasteiger partial charge is 0.404 e. The maximum atomic E-state index is 10.6. The Labute approximate surface area is 84.5 Å². The van der Waals surface area contributed by atoms with Crippen molar-refractivity contribution < 1.29 is 4.79 Å². The van der Waals surface area contributed by atoms with Gasteiger partial charge >= 0.3 is 0 Å². The SMILES string of the molecule is C=C(Cl)/N=C(Cl)\C(=C/N)C(=O)Cl. The van der Waals surface area contributed by atoms with Crippen molar-refractivity contribution in [3.8, 4) is 0 Å². The molecule has 0 fully saturated rings. The Balaban J connectivity index is 4.78. The van der Waals surface area contributed by atoms with Gasteiger partial charge < -0.3 is 5.73 Å². The van der Waals surface area contributed by atoms with Crippen LogP contribution in [0.25, 0.3) is 0 Å². The van der Waals surface area contributed by atoms with Crippen molar-refractivity contribution in [2.24, 2.45) is 10.7 Å². The van der Waals surface area contributed by atoms with Gasteiger partial charge in [0.25, 0.3) is 5.24 Å². The van der Waals surface area contributed by atoms with Crippen LogP contribution in [-0.4, -0.2) is 10.4 Å². The summed E-state index contributed by atoms with van der Waals surface area (Å²) in [6, 6.07) is 0. The average molecular weight is 227 g/mol. The van der Waals surface area contributed by atoms with E-state index in [0.717, 1.165) is 6.20 Å². The third-order valence-electron chi connectivity index (χ3n) is 0.820. The van der Waals surface area contributed by atoms with E-state index in [-0.39, 0.29) is 15.9 Å². The quantitative estimate of drug-likeness (QED) is 0.347. The van der Waals surface area contributed by atoms with Gasteiger partial charge in [0.2, 0.25) is 0 Å². The summed E-state index contributed by atoms with van der Waals surface area (Å²) >= 11 is 15.9. The van der Waals surface area contributed by atoms with Crippen molar-refractivity contribution in [3.63, 3.8) is 0 Å². The molecule has 0 aliphatic heterocycles. The fourth-order valence-electron chi connectivity index (χ4n) is 0.382. The van der Waals surface area contributed by atoms with Gasteiger partial charge in [-0.2, -0.15) is 0 Å². The predicted molar refractivity (Wildman–Crippen MR) is 51.4 cm³/mol. The van der Waals surface area contributed by atoms with Crippen LogP contribution in [0.3, 0.4) is 0 Å². The molecular weight excluding hydrogens is 222 g/mol. The number of allylic oxidation sites excluding steroid dienone is 1. The Morgan fingerprint density at radius 1 is 1.42 bits per heavy atom. The second kappa shape index (κ2) is 5.19. The van der Waals surface area contributed by atoms with Gasteiger partial charge in [0.15, 0.2) is 0 Å². The van der Waals surface area contributed by atoms with E-state index in [0.29, 0.717) is 0 Å². The molecule has 2 N–H and O–H groups in total. The molecule has 0 unspecified atom stereocenters. The number of nitrogens with two attached hydrogens (primary N) is 1. The highest BCUT2D eigenvalue weighted by Crippen LogP contribution is 2.10. The second-order valence-corrected chi connectivity index (χ2v) is 2.77. The molecule has 3 nitrogen and oxygen atoms in total. The number of carbonyl (C=O) groups excluding carboxylic acids is 1. The predicted octanol–water partition coefficient (Wildman–Crippen LogP) is 1.94. The van der Waals surface area contributed by atoms with Crippen molar-refractivity contribution in [2.45, 2.75) is 0 Å². The van der Waals surface area contributed by atoms with Gasteiger partial charge in [0.05, 0.1) is 5.57 Å². The van der Waals surface area contributed by atoms with Gasteiger partial charge in [-0.1, -0.05) is 29.8 Å². The van der Waals surface area contributed by atoms with Crippen LogP contribution in [0.1, 0.15) is 0 Å². The Morgan fingerprint density at radius 3 is 2.17 bits per heavy atom. The zero-order valence-corrected chi connectivity index (χ0v) is 8.12. The van der Waals surface area contributed by atoms with E-state index in [4.69, 9.17) is 40.5 Å². The second-order valence-electron chi connectivity index (χ2n) is 1.63. The highest BCUT2D eigenvalue weighted by atomic mass is 35.5. The molecule has 0 spiro atoms. The zero-order valence-electron chi connectivity index (χ0n) is 5.85. The highest BCUT2D eigenvalue weighted by molar-refractivity contribution is 6.81. The lowest BCUT2D eigenvalue weighted by molar-refractivity contribution is -0.108. The third-order valence-corrected chi connectivity index (χ3v) is 1.40. The Hall–Kier alpha value is -0.510. The number of hydrogen-bond donors (Lipinski definition) is 1. The van der Waals surface area contributed by atoms with Crippen LogP contribution in [0.4, 0.5) is 0 Å². The van der Waals surface area contributed by atoms with Crippen LogP contribution < -0.4 is 5.73 Å². The molecule has 0 heterocycles. The molecular formula is C6H5Cl3N2O. The van der Waals surface area contributed by atoms with E-state index in [2.05, 4.69) is 11.6 Å². The average Bonchev–Trinajstić information content (AvgIpc) is 1.85. The van der Waals surface area contributed by atoms with Crippen LogP contribution in [-0.2, 0) is 4.79 Å². The number of aliphatic imine (C=N–C) groups is 1. The summed E-state index contributed by atoms with van der Waals surface area (Å²) < 4.78 is 0. The van der Waals surface area contributed by atoms with E-state index in [1.54, 1.807) is 0 Å². The number of halogens is 3. The van der Waals surface area contributed by atoms with E-state index in [1.807, 2.05) is 0 Å². The van der Waals surface area contributed by atoms with Crippen LogP contribution in [0, 0.1) is 0 Å². The molecule has 0 amide bonds. The smallest absolute Gasteiger partial charge is 0.256 e. The molecule has 0 saturated carbocycles. The molecule has 0 aromatic heterocycles. The minimum Gasteiger partial charge on any atom is -0.404 e. The fraction of sp³-hybridized carbons (Fsp3) is 0. The molecule has 0 aliphatic carbocycles.